The van der Waals surface area contributed by atoms with Crippen LogP contribution in [0, 0.1) is 17.5 Å². The summed E-state index contributed by atoms with van der Waals surface area (Å²) in [6.07, 6.45) is -0.233. The molecule has 0 heterocycles. The molecule has 4 nitrogen and oxygen atoms in total. The average Bonchev–Trinajstić information content (AvgIpc) is 2.34. The molecule has 1 atom stereocenters. The van der Waals surface area contributed by atoms with Crippen molar-refractivity contribution < 1.29 is 27.7 Å². The van der Waals surface area contributed by atoms with Gasteiger partial charge < -0.3 is 15.0 Å². The standard InChI is InChI=1S/C12H15BF3NO3/c1-13(19)17-8(5-12(18)20-2)3-7-4-10(15)11(16)6-9(7)14/h4,6,8,17,19H,3,5H2,1-2H3. The molecule has 0 fully saturated rings. The number of rotatable bonds is 6. The second-order valence-corrected chi connectivity index (χ2v) is 4.38. The summed E-state index contributed by atoms with van der Waals surface area (Å²) in [7, 11) is 0.248. The van der Waals surface area contributed by atoms with Crippen LogP contribution in [0.4, 0.5) is 13.2 Å². The summed E-state index contributed by atoms with van der Waals surface area (Å²) < 4.78 is 43.9. The van der Waals surface area contributed by atoms with Crippen LogP contribution in [0.3, 0.4) is 0 Å². The van der Waals surface area contributed by atoms with Gasteiger partial charge in [0.2, 0.25) is 0 Å². The molecule has 110 valence electrons. The number of carbonyl (C=O) groups excluding carboxylic acids is 1. The average molecular weight is 289 g/mol. The molecule has 0 spiro atoms. The minimum atomic E-state index is -1.28. The smallest absolute Gasteiger partial charge is 0.373 e. The Morgan fingerprint density at radius 1 is 1.35 bits per heavy atom. The van der Waals surface area contributed by atoms with E-state index in [-0.39, 0.29) is 18.4 Å². The number of carbonyl (C=O) groups is 1. The number of ether oxygens (including phenoxy) is 1. The zero-order chi connectivity index (χ0) is 15.3. The van der Waals surface area contributed by atoms with Crippen LogP contribution in [-0.4, -0.2) is 31.2 Å². The van der Waals surface area contributed by atoms with E-state index in [9.17, 15) is 23.0 Å². The molecule has 8 heteroatoms. The lowest BCUT2D eigenvalue weighted by Crippen LogP contribution is -2.42. The third kappa shape index (κ3) is 4.86. The molecule has 2 N–H and O–H groups in total. The predicted molar refractivity (Wildman–Crippen MR) is 67.4 cm³/mol. The van der Waals surface area contributed by atoms with E-state index in [1.165, 1.54) is 13.9 Å². The molecule has 0 amide bonds. The summed E-state index contributed by atoms with van der Waals surface area (Å²) in [4.78, 5) is 11.2. The van der Waals surface area contributed by atoms with Gasteiger partial charge in [0.1, 0.15) is 5.82 Å². The van der Waals surface area contributed by atoms with Crippen molar-refractivity contribution in [2.45, 2.75) is 25.7 Å². The van der Waals surface area contributed by atoms with Crippen molar-refractivity contribution in [2.75, 3.05) is 7.11 Å². The van der Waals surface area contributed by atoms with Gasteiger partial charge in [0, 0.05) is 12.1 Å². The fraction of sp³-hybridized carbons (Fsp3) is 0.417. The molecular weight excluding hydrogens is 274 g/mol. The van der Waals surface area contributed by atoms with Crippen LogP contribution < -0.4 is 5.23 Å². The fourth-order valence-electron chi connectivity index (χ4n) is 1.80. The molecule has 0 aliphatic rings. The van der Waals surface area contributed by atoms with Crippen LogP contribution in [0.25, 0.3) is 0 Å². The van der Waals surface area contributed by atoms with Crippen LogP contribution in [0.15, 0.2) is 12.1 Å². The molecule has 1 rings (SSSR count). The minimum absolute atomic E-state index is 0.0917. The Balaban J connectivity index is 2.88. The van der Waals surface area contributed by atoms with Gasteiger partial charge in [0.25, 0.3) is 0 Å². The number of halogens is 3. The van der Waals surface area contributed by atoms with E-state index in [0.29, 0.717) is 6.07 Å². The number of methoxy groups -OCH3 is 1. The molecule has 0 radical (unpaired) electrons. The molecule has 0 bridgehead atoms. The maximum atomic E-state index is 13.5. The molecule has 1 unspecified atom stereocenters. The summed E-state index contributed by atoms with van der Waals surface area (Å²) in [6, 6.07) is 0.516. The van der Waals surface area contributed by atoms with Crippen LogP contribution in [0.1, 0.15) is 12.0 Å². The van der Waals surface area contributed by atoms with Crippen molar-refractivity contribution in [2.24, 2.45) is 0 Å². The molecule has 1 aromatic rings. The van der Waals surface area contributed by atoms with Gasteiger partial charge in [-0.1, -0.05) is 0 Å². The maximum absolute atomic E-state index is 13.5. The monoisotopic (exact) mass is 289 g/mol. The van der Waals surface area contributed by atoms with Crippen LogP contribution in [0.5, 0.6) is 0 Å². The Morgan fingerprint density at radius 3 is 2.50 bits per heavy atom. The highest BCUT2D eigenvalue weighted by Crippen LogP contribution is 2.16. The van der Waals surface area contributed by atoms with E-state index < -0.39 is 36.5 Å². The number of benzene rings is 1. The van der Waals surface area contributed by atoms with Gasteiger partial charge in [0.05, 0.1) is 13.5 Å². The van der Waals surface area contributed by atoms with Crippen molar-refractivity contribution in [1.29, 1.82) is 0 Å². The Hall–Kier alpha value is -1.54. The van der Waals surface area contributed by atoms with Gasteiger partial charge in [-0.05, 0) is 24.9 Å². The Bertz CT molecular complexity index is 485. The normalized spacial score (nSPS) is 12.1. The zero-order valence-corrected chi connectivity index (χ0v) is 11.1. The first-order valence-corrected chi connectivity index (χ1v) is 5.97. The molecule has 0 saturated heterocycles. The second kappa shape index (κ2) is 7.30. The SMILES string of the molecule is COC(=O)CC(Cc1cc(F)c(F)cc1F)NB(C)O. The highest BCUT2D eigenvalue weighted by molar-refractivity contribution is 6.45. The first kappa shape index (κ1) is 16.5. The molecule has 0 aliphatic heterocycles. The highest BCUT2D eigenvalue weighted by atomic mass is 19.2. The molecule has 1 aromatic carbocycles. The van der Waals surface area contributed by atoms with Crippen LogP contribution >= 0.6 is 0 Å². The largest absolute Gasteiger partial charge is 0.469 e. The third-order valence-electron chi connectivity index (χ3n) is 2.67. The summed E-state index contributed by atoms with van der Waals surface area (Å²) in [5.74, 6) is -3.92. The summed E-state index contributed by atoms with van der Waals surface area (Å²) in [6.45, 7) is 1.42. The van der Waals surface area contributed by atoms with E-state index in [0.717, 1.165) is 6.07 Å². The van der Waals surface area contributed by atoms with Crippen molar-refractivity contribution in [3.8, 4) is 0 Å². The Labute approximate surface area is 115 Å². The summed E-state index contributed by atoms with van der Waals surface area (Å²) in [5.41, 5.74) is -0.0917. The lowest BCUT2D eigenvalue weighted by molar-refractivity contribution is -0.141. The van der Waals surface area contributed by atoms with E-state index in [1.807, 2.05) is 0 Å². The molecule has 0 saturated carbocycles. The second-order valence-electron chi connectivity index (χ2n) is 4.38. The highest BCUT2D eigenvalue weighted by Gasteiger charge is 2.20. The first-order valence-electron chi connectivity index (χ1n) is 5.97. The van der Waals surface area contributed by atoms with Gasteiger partial charge in [-0.2, -0.15) is 0 Å². The van der Waals surface area contributed by atoms with E-state index in [4.69, 9.17) is 0 Å². The Morgan fingerprint density at radius 2 is 1.95 bits per heavy atom. The number of nitrogens with one attached hydrogen (secondary N) is 1. The number of hydrogen-bond donors (Lipinski definition) is 2. The topological polar surface area (TPSA) is 58.6 Å². The number of hydrogen-bond acceptors (Lipinski definition) is 4. The maximum Gasteiger partial charge on any atom is 0.373 e. The van der Waals surface area contributed by atoms with Gasteiger partial charge in [-0.15, -0.1) is 0 Å². The molecule has 20 heavy (non-hydrogen) atoms. The summed E-state index contributed by atoms with van der Waals surface area (Å²) in [5, 5.41) is 11.9. The fourth-order valence-corrected chi connectivity index (χ4v) is 1.80. The zero-order valence-electron chi connectivity index (χ0n) is 11.1. The minimum Gasteiger partial charge on any atom is -0.469 e. The van der Waals surface area contributed by atoms with Gasteiger partial charge in [-0.3, -0.25) is 4.79 Å². The molecule has 0 aliphatic carbocycles. The predicted octanol–water partition coefficient (Wildman–Crippen LogP) is 1.28. The summed E-state index contributed by atoms with van der Waals surface area (Å²) >= 11 is 0. The Kier molecular flexibility index (Phi) is 6.03. The van der Waals surface area contributed by atoms with Crippen molar-refractivity contribution in [3.63, 3.8) is 0 Å². The number of esters is 1. The van der Waals surface area contributed by atoms with Crippen LogP contribution in [0.2, 0.25) is 6.82 Å². The van der Waals surface area contributed by atoms with Gasteiger partial charge in [0.15, 0.2) is 11.6 Å². The first-order chi connectivity index (χ1) is 9.33. The molecule has 0 aromatic heterocycles. The van der Waals surface area contributed by atoms with Gasteiger partial charge >= 0.3 is 13.0 Å². The van der Waals surface area contributed by atoms with Crippen molar-refractivity contribution in [3.05, 3.63) is 35.1 Å². The van der Waals surface area contributed by atoms with E-state index in [1.54, 1.807) is 0 Å². The quantitative estimate of drug-likeness (QED) is 0.470. The third-order valence-corrected chi connectivity index (χ3v) is 2.67. The van der Waals surface area contributed by atoms with Crippen molar-refractivity contribution in [1.82, 2.24) is 5.23 Å². The van der Waals surface area contributed by atoms with E-state index in [2.05, 4.69) is 9.96 Å². The lowest BCUT2D eigenvalue weighted by Gasteiger charge is -2.18. The van der Waals surface area contributed by atoms with Crippen LogP contribution in [-0.2, 0) is 16.0 Å². The molecular formula is C12H15BF3NO3. The van der Waals surface area contributed by atoms with Crippen molar-refractivity contribution >= 4 is 13.0 Å². The van der Waals surface area contributed by atoms with E-state index >= 15 is 0 Å². The lowest BCUT2D eigenvalue weighted by atomic mass is 9.85. The van der Waals surface area contributed by atoms with Gasteiger partial charge in [-0.25, -0.2) is 13.2 Å².